The third kappa shape index (κ3) is 5.57. The van der Waals surface area contributed by atoms with Crippen LogP contribution in [0.3, 0.4) is 0 Å². The maximum absolute atomic E-state index is 13.6. The number of hydrogen-bond donors (Lipinski definition) is 0. The van der Waals surface area contributed by atoms with Gasteiger partial charge in [-0.15, -0.1) is 0 Å². The van der Waals surface area contributed by atoms with Gasteiger partial charge >= 0.3 is 0 Å². The second-order valence-corrected chi connectivity index (χ2v) is 10.3. The lowest BCUT2D eigenvalue weighted by Crippen LogP contribution is -2.49. The van der Waals surface area contributed by atoms with Crippen LogP contribution < -0.4 is 9.80 Å². The van der Waals surface area contributed by atoms with Crippen LogP contribution in [0.2, 0.25) is 0 Å². The molecule has 2 aliphatic rings. The molecule has 0 radical (unpaired) electrons. The number of nitrogens with zero attached hydrogens (tertiary/aromatic N) is 7. The third-order valence-corrected chi connectivity index (χ3v) is 7.82. The molecule has 0 bridgehead atoms. The molecule has 39 heavy (non-hydrogen) atoms. The number of para-hydroxylation sites is 1. The number of anilines is 2. The van der Waals surface area contributed by atoms with Crippen molar-refractivity contribution in [2.75, 3.05) is 62.2 Å². The van der Waals surface area contributed by atoms with E-state index in [0.717, 1.165) is 55.1 Å². The zero-order chi connectivity index (χ0) is 27.4. The van der Waals surface area contributed by atoms with Gasteiger partial charge in [0, 0.05) is 70.7 Å². The quantitative estimate of drug-likeness (QED) is 0.507. The number of rotatable bonds is 5. The van der Waals surface area contributed by atoms with Gasteiger partial charge in [0.25, 0.3) is 5.91 Å². The molecule has 2 aliphatic heterocycles. The third-order valence-electron chi connectivity index (χ3n) is 7.82. The highest BCUT2D eigenvalue weighted by molar-refractivity contribution is 5.96. The molecule has 3 aromatic rings. The SMILES string of the molecule is Cc1cc(C)c(C(=O)N2CCN(c3ncccc3C#N)CC2)cc1CN1CCN(c2ccccc2C#N)CC1. The minimum Gasteiger partial charge on any atom is -0.368 e. The Hall–Kier alpha value is -4.40. The number of piperazine rings is 2. The summed E-state index contributed by atoms with van der Waals surface area (Å²) in [6.07, 6.45) is 1.70. The van der Waals surface area contributed by atoms with Crippen molar-refractivity contribution in [3.05, 3.63) is 88.1 Å². The number of nitriles is 2. The van der Waals surface area contributed by atoms with Gasteiger partial charge in [-0.1, -0.05) is 18.2 Å². The molecular formula is C31H33N7O. The first-order valence-electron chi connectivity index (χ1n) is 13.4. The summed E-state index contributed by atoms with van der Waals surface area (Å²) >= 11 is 0. The summed E-state index contributed by atoms with van der Waals surface area (Å²) in [5, 5.41) is 18.9. The molecule has 0 unspecified atom stereocenters. The Morgan fingerprint density at radius 1 is 0.821 bits per heavy atom. The maximum Gasteiger partial charge on any atom is 0.254 e. The molecular weight excluding hydrogens is 486 g/mol. The van der Waals surface area contributed by atoms with Gasteiger partial charge in [-0.2, -0.15) is 10.5 Å². The monoisotopic (exact) mass is 519 g/mol. The summed E-state index contributed by atoms with van der Waals surface area (Å²) in [6.45, 7) is 10.9. The molecule has 5 rings (SSSR count). The maximum atomic E-state index is 13.6. The van der Waals surface area contributed by atoms with E-state index in [4.69, 9.17) is 0 Å². The number of carbonyl (C=O) groups is 1. The van der Waals surface area contributed by atoms with Crippen LogP contribution in [0.25, 0.3) is 0 Å². The molecule has 2 aromatic carbocycles. The van der Waals surface area contributed by atoms with E-state index < -0.39 is 0 Å². The molecule has 2 saturated heterocycles. The Morgan fingerprint density at radius 3 is 2.21 bits per heavy atom. The van der Waals surface area contributed by atoms with E-state index in [1.165, 1.54) is 11.1 Å². The fourth-order valence-electron chi connectivity index (χ4n) is 5.56. The molecule has 2 fully saturated rings. The fourth-order valence-corrected chi connectivity index (χ4v) is 5.56. The van der Waals surface area contributed by atoms with Gasteiger partial charge in [0.15, 0.2) is 0 Å². The van der Waals surface area contributed by atoms with Crippen molar-refractivity contribution in [2.24, 2.45) is 0 Å². The Bertz CT molecular complexity index is 1440. The van der Waals surface area contributed by atoms with Crippen LogP contribution in [-0.4, -0.2) is 73.0 Å². The number of aryl methyl sites for hydroxylation is 2. The van der Waals surface area contributed by atoms with Gasteiger partial charge in [0.05, 0.1) is 16.8 Å². The first kappa shape index (κ1) is 26.2. The summed E-state index contributed by atoms with van der Waals surface area (Å²) in [5.74, 6) is 0.755. The van der Waals surface area contributed by atoms with E-state index in [9.17, 15) is 15.3 Å². The predicted molar refractivity (Wildman–Crippen MR) is 152 cm³/mol. The lowest BCUT2D eigenvalue weighted by Gasteiger charge is -2.37. The predicted octanol–water partition coefficient (Wildman–Crippen LogP) is 3.73. The van der Waals surface area contributed by atoms with Crippen LogP contribution in [0.4, 0.5) is 11.5 Å². The van der Waals surface area contributed by atoms with E-state index in [1.807, 2.05) is 36.1 Å². The molecule has 198 valence electrons. The number of hydrogen-bond acceptors (Lipinski definition) is 7. The molecule has 0 saturated carbocycles. The smallest absolute Gasteiger partial charge is 0.254 e. The van der Waals surface area contributed by atoms with E-state index in [1.54, 1.807) is 18.3 Å². The Labute approximate surface area is 230 Å². The molecule has 8 nitrogen and oxygen atoms in total. The largest absolute Gasteiger partial charge is 0.368 e. The van der Waals surface area contributed by atoms with Crippen molar-refractivity contribution < 1.29 is 4.79 Å². The van der Waals surface area contributed by atoms with Crippen molar-refractivity contribution >= 4 is 17.4 Å². The lowest BCUT2D eigenvalue weighted by molar-refractivity contribution is 0.0745. The molecule has 0 aliphatic carbocycles. The number of carbonyl (C=O) groups excluding carboxylic acids is 1. The summed E-state index contributed by atoms with van der Waals surface area (Å²) in [7, 11) is 0. The van der Waals surface area contributed by atoms with Crippen LogP contribution in [0.5, 0.6) is 0 Å². The molecule has 0 atom stereocenters. The van der Waals surface area contributed by atoms with Crippen LogP contribution in [-0.2, 0) is 6.54 Å². The fraction of sp³-hybridized carbons (Fsp3) is 0.355. The second kappa shape index (κ2) is 11.6. The Balaban J connectivity index is 1.23. The van der Waals surface area contributed by atoms with E-state index in [2.05, 4.69) is 50.9 Å². The van der Waals surface area contributed by atoms with Gasteiger partial charge in [-0.25, -0.2) is 4.98 Å². The average molecular weight is 520 g/mol. The number of benzene rings is 2. The Morgan fingerprint density at radius 2 is 1.49 bits per heavy atom. The van der Waals surface area contributed by atoms with Gasteiger partial charge in [0.1, 0.15) is 18.0 Å². The minimum atomic E-state index is 0.0628. The molecule has 8 heteroatoms. The normalized spacial score (nSPS) is 16.1. The van der Waals surface area contributed by atoms with Crippen molar-refractivity contribution in [3.63, 3.8) is 0 Å². The highest BCUT2D eigenvalue weighted by Gasteiger charge is 2.26. The first-order valence-corrected chi connectivity index (χ1v) is 13.4. The molecule has 0 N–H and O–H groups in total. The molecule has 1 aromatic heterocycles. The summed E-state index contributed by atoms with van der Waals surface area (Å²) < 4.78 is 0. The van der Waals surface area contributed by atoms with Crippen molar-refractivity contribution in [1.29, 1.82) is 10.5 Å². The first-order chi connectivity index (χ1) is 19.0. The average Bonchev–Trinajstić information content (AvgIpc) is 2.98. The van der Waals surface area contributed by atoms with Gasteiger partial charge in [-0.3, -0.25) is 9.69 Å². The van der Waals surface area contributed by atoms with E-state index in [-0.39, 0.29) is 5.91 Å². The summed E-state index contributed by atoms with van der Waals surface area (Å²) in [5.41, 5.74) is 6.43. The van der Waals surface area contributed by atoms with E-state index >= 15 is 0 Å². The van der Waals surface area contributed by atoms with E-state index in [0.29, 0.717) is 37.6 Å². The summed E-state index contributed by atoms with van der Waals surface area (Å²) in [6, 6.07) is 20.1. The van der Waals surface area contributed by atoms with Crippen LogP contribution >= 0.6 is 0 Å². The highest BCUT2D eigenvalue weighted by atomic mass is 16.2. The highest BCUT2D eigenvalue weighted by Crippen LogP contribution is 2.25. The van der Waals surface area contributed by atoms with Crippen molar-refractivity contribution in [1.82, 2.24) is 14.8 Å². The van der Waals surface area contributed by atoms with Crippen LogP contribution in [0.15, 0.2) is 54.7 Å². The molecule has 3 heterocycles. The topological polar surface area (TPSA) is 90.5 Å². The van der Waals surface area contributed by atoms with Gasteiger partial charge in [-0.05, 0) is 60.9 Å². The number of amides is 1. The minimum absolute atomic E-state index is 0.0628. The van der Waals surface area contributed by atoms with Gasteiger partial charge < -0.3 is 14.7 Å². The molecule has 1 amide bonds. The van der Waals surface area contributed by atoms with Gasteiger partial charge in [0.2, 0.25) is 0 Å². The lowest BCUT2D eigenvalue weighted by atomic mass is 9.98. The summed E-state index contributed by atoms with van der Waals surface area (Å²) in [4.78, 5) is 26.7. The standard InChI is InChI=1S/C31H33N7O/c1-23-18-24(2)28(31(39)38-16-14-37(15-17-38)30-26(21-33)7-5-9-34-30)19-27(23)22-35-10-12-36(13-11-35)29-8-4-3-6-25(29)20-32/h3-9,18-19H,10-17,22H2,1-2H3. The number of pyridine rings is 1. The van der Waals surface area contributed by atoms with Crippen molar-refractivity contribution in [3.8, 4) is 12.1 Å². The zero-order valence-electron chi connectivity index (χ0n) is 22.6. The Kier molecular flexibility index (Phi) is 7.76. The zero-order valence-corrected chi connectivity index (χ0v) is 22.6. The van der Waals surface area contributed by atoms with Crippen molar-refractivity contribution in [2.45, 2.75) is 20.4 Å². The molecule has 0 spiro atoms. The van der Waals surface area contributed by atoms with Crippen LogP contribution in [0.1, 0.15) is 38.2 Å². The second-order valence-electron chi connectivity index (χ2n) is 10.3. The number of aromatic nitrogens is 1. The van der Waals surface area contributed by atoms with Crippen LogP contribution in [0, 0.1) is 36.5 Å².